The van der Waals surface area contributed by atoms with Crippen molar-refractivity contribution in [3.63, 3.8) is 0 Å². The minimum atomic E-state index is 0.174. The van der Waals surface area contributed by atoms with Crippen molar-refractivity contribution in [3.05, 3.63) is 12.2 Å². The second-order valence-corrected chi connectivity index (χ2v) is 8.40. The molecule has 2 saturated heterocycles. The predicted octanol–water partition coefficient (Wildman–Crippen LogP) is 1.08. The molecule has 0 bridgehead atoms. The quantitative estimate of drug-likeness (QED) is 0.795. The van der Waals surface area contributed by atoms with Crippen LogP contribution in [0.15, 0.2) is 6.33 Å². The molecule has 2 aliphatic rings. The van der Waals surface area contributed by atoms with Gasteiger partial charge in [-0.2, -0.15) is 16.9 Å². The summed E-state index contributed by atoms with van der Waals surface area (Å²) in [5.74, 6) is 1.97. The van der Waals surface area contributed by atoms with Crippen LogP contribution >= 0.6 is 11.8 Å². The van der Waals surface area contributed by atoms with Gasteiger partial charge in [0.1, 0.15) is 12.2 Å². The highest BCUT2D eigenvalue weighted by molar-refractivity contribution is 7.99. The summed E-state index contributed by atoms with van der Waals surface area (Å²) in [4.78, 5) is 21.0. The van der Waals surface area contributed by atoms with Crippen LogP contribution in [0.2, 0.25) is 0 Å². The second kappa shape index (κ2) is 8.71. The fraction of sp³-hybridized carbons (Fsp3) is 0.833. The molecule has 1 spiro atoms. The Morgan fingerprint density at radius 2 is 2.08 bits per heavy atom. The van der Waals surface area contributed by atoms with Crippen LogP contribution < -0.4 is 0 Å². The Morgan fingerprint density at radius 1 is 1.35 bits per heavy atom. The van der Waals surface area contributed by atoms with Crippen molar-refractivity contribution in [1.82, 2.24) is 24.6 Å². The van der Waals surface area contributed by atoms with Gasteiger partial charge in [0.05, 0.1) is 12.3 Å². The molecule has 0 unspecified atom stereocenters. The first-order valence-electron chi connectivity index (χ1n) is 9.58. The number of aliphatic hydroxyl groups excluding tert-OH is 1. The SMILES string of the molecule is CCn1ncnc1CN1CCC2(CC1)CCN(C(=O)CSC)C[C@@H]2CO. The molecule has 0 radical (unpaired) electrons. The Balaban J connectivity index is 1.58. The molecule has 0 aliphatic carbocycles. The Hall–Kier alpha value is -1.12. The number of rotatable bonds is 6. The number of piperidine rings is 2. The molecule has 1 aromatic rings. The number of likely N-dealkylation sites (tertiary alicyclic amines) is 2. The van der Waals surface area contributed by atoms with Crippen molar-refractivity contribution >= 4 is 17.7 Å². The Kier molecular flexibility index (Phi) is 6.58. The average Bonchev–Trinajstić information content (AvgIpc) is 3.11. The zero-order valence-corrected chi connectivity index (χ0v) is 16.7. The third kappa shape index (κ3) is 4.07. The van der Waals surface area contributed by atoms with Gasteiger partial charge in [-0.25, -0.2) is 9.67 Å². The summed E-state index contributed by atoms with van der Waals surface area (Å²) in [7, 11) is 0. The minimum Gasteiger partial charge on any atom is -0.396 e. The maximum atomic E-state index is 12.2. The molecule has 1 atom stereocenters. The van der Waals surface area contributed by atoms with Gasteiger partial charge in [-0.15, -0.1) is 0 Å². The first-order chi connectivity index (χ1) is 12.6. The van der Waals surface area contributed by atoms with Crippen LogP contribution in [0, 0.1) is 11.3 Å². The minimum absolute atomic E-state index is 0.174. The molecule has 0 aromatic carbocycles. The number of aromatic nitrogens is 3. The summed E-state index contributed by atoms with van der Waals surface area (Å²) >= 11 is 1.57. The fourth-order valence-corrected chi connectivity index (χ4v) is 4.92. The van der Waals surface area contributed by atoms with Gasteiger partial charge in [-0.05, 0) is 50.9 Å². The van der Waals surface area contributed by atoms with Gasteiger partial charge < -0.3 is 10.0 Å². The summed E-state index contributed by atoms with van der Waals surface area (Å²) in [5.41, 5.74) is 0.180. The van der Waals surface area contributed by atoms with Gasteiger partial charge in [0.2, 0.25) is 5.91 Å². The summed E-state index contributed by atoms with van der Waals surface area (Å²) in [6.45, 7) is 7.53. The Morgan fingerprint density at radius 3 is 2.73 bits per heavy atom. The van der Waals surface area contributed by atoms with E-state index in [2.05, 4.69) is 21.9 Å². The summed E-state index contributed by atoms with van der Waals surface area (Å²) in [6, 6.07) is 0. The van der Waals surface area contributed by atoms with Crippen LogP contribution in [0.25, 0.3) is 0 Å². The standard InChI is InChI=1S/C18H31N5O2S/c1-3-23-16(19-14-20-23)11-21-7-4-18(5-8-21)6-9-22(10-15(18)12-24)17(25)13-26-2/h14-15,24H,3-13H2,1-2H3/t15-/m1/s1. The number of thioether (sulfide) groups is 1. The van der Waals surface area contributed by atoms with Crippen LogP contribution in [0.5, 0.6) is 0 Å². The molecule has 7 nitrogen and oxygen atoms in total. The molecule has 2 fully saturated rings. The maximum Gasteiger partial charge on any atom is 0.232 e. The molecular weight excluding hydrogens is 350 g/mol. The Labute approximate surface area is 160 Å². The molecule has 1 amide bonds. The van der Waals surface area contributed by atoms with Gasteiger partial charge in [-0.1, -0.05) is 0 Å². The van der Waals surface area contributed by atoms with Gasteiger partial charge in [-0.3, -0.25) is 9.69 Å². The third-order valence-corrected chi connectivity index (χ3v) is 6.78. The van der Waals surface area contributed by atoms with E-state index >= 15 is 0 Å². The van der Waals surface area contributed by atoms with Crippen LogP contribution in [0.4, 0.5) is 0 Å². The first kappa shape index (κ1) is 19.6. The first-order valence-corrected chi connectivity index (χ1v) is 11.0. The largest absolute Gasteiger partial charge is 0.396 e. The number of carbonyl (C=O) groups excluding carboxylic acids is 1. The summed E-state index contributed by atoms with van der Waals surface area (Å²) in [5, 5.41) is 14.3. The molecule has 26 heavy (non-hydrogen) atoms. The number of amides is 1. The maximum absolute atomic E-state index is 12.2. The highest BCUT2D eigenvalue weighted by atomic mass is 32.2. The van der Waals surface area contributed by atoms with Crippen molar-refractivity contribution in [3.8, 4) is 0 Å². The van der Waals surface area contributed by atoms with Gasteiger partial charge >= 0.3 is 0 Å². The lowest BCUT2D eigenvalue weighted by Crippen LogP contribution is -2.54. The normalized spacial score (nSPS) is 23.5. The average molecular weight is 382 g/mol. The zero-order valence-electron chi connectivity index (χ0n) is 15.9. The van der Waals surface area contributed by atoms with E-state index in [1.165, 1.54) is 0 Å². The van der Waals surface area contributed by atoms with E-state index in [0.717, 1.165) is 57.8 Å². The molecule has 3 heterocycles. The van der Waals surface area contributed by atoms with Crippen molar-refractivity contribution < 1.29 is 9.90 Å². The van der Waals surface area contributed by atoms with Crippen LogP contribution in [0.3, 0.4) is 0 Å². The highest BCUT2D eigenvalue weighted by Crippen LogP contribution is 2.45. The van der Waals surface area contributed by atoms with Crippen molar-refractivity contribution in [2.45, 2.75) is 39.3 Å². The van der Waals surface area contributed by atoms with Crippen LogP contribution in [-0.4, -0.2) is 80.4 Å². The fourth-order valence-electron chi connectivity index (χ4n) is 4.49. The number of aryl methyl sites for hydroxylation is 1. The monoisotopic (exact) mass is 381 g/mol. The highest BCUT2D eigenvalue weighted by Gasteiger charge is 2.45. The molecule has 1 N–H and O–H groups in total. The third-order valence-electron chi connectivity index (χ3n) is 6.24. The van der Waals surface area contributed by atoms with E-state index in [4.69, 9.17) is 0 Å². The number of hydrogen-bond acceptors (Lipinski definition) is 6. The van der Waals surface area contributed by atoms with Crippen LogP contribution in [0.1, 0.15) is 32.0 Å². The molecule has 2 aliphatic heterocycles. The molecule has 0 saturated carbocycles. The Bertz CT molecular complexity index is 600. The lowest BCUT2D eigenvalue weighted by molar-refractivity contribution is -0.135. The van der Waals surface area contributed by atoms with E-state index in [0.29, 0.717) is 12.3 Å². The van der Waals surface area contributed by atoms with E-state index in [1.54, 1.807) is 18.1 Å². The lowest BCUT2D eigenvalue weighted by atomic mass is 9.64. The summed E-state index contributed by atoms with van der Waals surface area (Å²) in [6.07, 6.45) is 6.78. The van der Waals surface area contributed by atoms with E-state index in [9.17, 15) is 9.90 Å². The summed E-state index contributed by atoms with van der Waals surface area (Å²) < 4.78 is 1.96. The number of carbonyl (C=O) groups is 1. The second-order valence-electron chi connectivity index (χ2n) is 7.53. The number of aliphatic hydroxyl groups is 1. The topological polar surface area (TPSA) is 74.5 Å². The van der Waals surface area contributed by atoms with Crippen molar-refractivity contribution in [2.75, 3.05) is 44.8 Å². The molecular formula is C18H31N5O2S. The number of hydrogen-bond donors (Lipinski definition) is 1. The zero-order chi connectivity index (χ0) is 18.6. The van der Waals surface area contributed by atoms with Crippen molar-refractivity contribution in [1.29, 1.82) is 0 Å². The van der Waals surface area contributed by atoms with E-state index < -0.39 is 0 Å². The van der Waals surface area contributed by atoms with Crippen molar-refractivity contribution in [2.24, 2.45) is 11.3 Å². The molecule has 8 heteroatoms. The van der Waals surface area contributed by atoms with Gasteiger partial charge in [0.25, 0.3) is 0 Å². The van der Waals surface area contributed by atoms with E-state index in [1.807, 2.05) is 15.8 Å². The lowest BCUT2D eigenvalue weighted by Gasteiger charge is -2.51. The smallest absolute Gasteiger partial charge is 0.232 e. The van der Waals surface area contributed by atoms with Gasteiger partial charge in [0, 0.05) is 32.2 Å². The van der Waals surface area contributed by atoms with Gasteiger partial charge in [0.15, 0.2) is 0 Å². The predicted molar refractivity (Wildman–Crippen MR) is 103 cm³/mol. The van der Waals surface area contributed by atoms with Crippen LogP contribution in [-0.2, 0) is 17.9 Å². The van der Waals surface area contributed by atoms with E-state index in [-0.39, 0.29) is 23.8 Å². The molecule has 3 rings (SSSR count). The number of nitrogens with zero attached hydrogens (tertiary/aromatic N) is 5. The molecule has 1 aromatic heterocycles. The molecule has 146 valence electrons.